The molecule has 0 bridgehead atoms. The summed E-state index contributed by atoms with van der Waals surface area (Å²) in [6.45, 7) is 11.6. The minimum absolute atomic E-state index is 0.00471. The Bertz CT molecular complexity index is 1200. The number of fused-ring (bicyclic) bond motifs is 1. The van der Waals surface area contributed by atoms with Crippen LogP contribution >= 0.6 is 0 Å². The lowest BCUT2D eigenvalue weighted by Gasteiger charge is -2.30. The van der Waals surface area contributed by atoms with Crippen LogP contribution in [0.15, 0.2) is 24.3 Å². The molecule has 1 aliphatic heterocycles. The van der Waals surface area contributed by atoms with Gasteiger partial charge in [0.2, 0.25) is 10.0 Å². The fraction of sp³-hybridized carbons (Fsp3) is 0.519. The third kappa shape index (κ3) is 6.55. The van der Waals surface area contributed by atoms with E-state index >= 15 is 0 Å². The van der Waals surface area contributed by atoms with E-state index in [1.165, 1.54) is 0 Å². The Balaban J connectivity index is 2.24. The maximum Gasteiger partial charge on any atom is 0.337 e. The molecule has 8 heteroatoms. The molecule has 1 heterocycles. The zero-order valence-corrected chi connectivity index (χ0v) is 22.3. The zero-order valence-electron chi connectivity index (χ0n) is 21.5. The Morgan fingerprint density at radius 3 is 2.57 bits per heavy atom. The molecule has 192 valence electrons. The molecule has 0 amide bonds. The Morgan fingerprint density at radius 1 is 1.23 bits per heavy atom. The summed E-state index contributed by atoms with van der Waals surface area (Å²) in [6.07, 6.45) is 1.82. The fourth-order valence-electron chi connectivity index (χ4n) is 4.41. The van der Waals surface area contributed by atoms with Crippen LogP contribution in [0.3, 0.4) is 0 Å². The normalized spacial score (nSPS) is 14.7. The molecule has 7 nitrogen and oxygen atoms in total. The van der Waals surface area contributed by atoms with Crippen LogP contribution in [0, 0.1) is 13.8 Å². The van der Waals surface area contributed by atoms with E-state index in [0.29, 0.717) is 29.8 Å². The minimum atomic E-state index is -3.58. The number of carboxylic acid groups (broad SMARTS) is 1. The second-order valence-corrected chi connectivity index (χ2v) is 12.0. The predicted molar refractivity (Wildman–Crippen MR) is 139 cm³/mol. The van der Waals surface area contributed by atoms with Crippen molar-refractivity contribution in [1.29, 1.82) is 0 Å². The molecular formula is C27H37NO6S. The van der Waals surface area contributed by atoms with E-state index in [2.05, 4.69) is 4.72 Å². The van der Waals surface area contributed by atoms with Gasteiger partial charge in [0.15, 0.2) is 6.10 Å². The first-order valence-electron chi connectivity index (χ1n) is 12.1. The smallest absolute Gasteiger partial charge is 0.337 e. The van der Waals surface area contributed by atoms with Crippen molar-refractivity contribution >= 4 is 21.7 Å². The SMILES string of the molecule is CCCCS(=O)(=O)Nc1cc(C)c(-c2ccc3c(c2)CCCO3)c(C(OC(C)(C)C)C(=O)O)c1C. The Kier molecular flexibility index (Phi) is 8.17. The molecule has 0 saturated heterocycles. The number of anilines is 1. The van der Waals surface area contributed by atoms with Crippen LogP contribution in [0.25, 0.3) is 11.1 Å². The van der Waals surface area contributed by atoms with E-state index < -0.39 is 27.7 Å². The van der Waals surface area contributed by atoms with Crippen LogP contribution in [0.5, 0.6) is 5.75 Å². The van der Waals surface area contributed by atoms with Crippen molar-refractivity contribution in [3.8, 4) is 16.9 Å². The van der Waals surface area contributed by atoms with Gasteiger partial charge in [-0.15, -0.1) is 0 Å². The highest BCUT2D eigenvalue weighted by Gasteiger charge is 2.33. The van der Waals surface area contributed by atoms with Crippen molar-refractivity contribution in [2.24, 2.45) is 0 Å². The highest BCUT2D eigenvalue weighted by atomic mass is 32.2. The number of aryl methyl sites for hydroxylation is 2. The molecule has 2 N–H and O–H groups in total. The van der Waals surface area contributed by atoms with Crippen molar-refractivity contribution in [2.75, 3.05) is 17.1 Å². The fourth-order valence-corrected chi connectivity index (χ4v) is 5.73. The Hall–Kier alpha value is -2.58. The molecule has 2 aromatic rings. The van der Waals surface area contributed by atoms with E-state index in [0.717, 1.165) is 47.3 Å². The number of ether oxygens (including phenoxy) is 2. The van der Waals surface area contributed by atoms with Gasteiger partial charge < -0.3 is 14.6 Å². The van der Waals surface area contributed by atoms with Crippen LogP contribution in [0.1, 0.15) is 75.3 Å². The van der Waals surface area contributed by atoms with Gasteiger partial charge in [0.05, 0.1) is 23.6 Å². The zero-order chi connectivity index (χ0) is 26.0. The third-order valence-corrected chi connectivity index (χ3v) is 7.38. The maximum atomic E-state index is 12.7. The lowest BCUT2D eigenvalue weighted by Crippen LogP contribution is -2.29. The summed E-state index contributed by atoms with van der Waals surface area (Å²) in [5.74, 6) is -0.280. The van der Waals surface area contributed by atoms with E-state index in [1.54, 1.807) is 33.8 Å². The summed E-state index contributed by atoms with van der Waals surface area (Å²) < 4.78 is 39.9. The predicted octanol–water partition coefficient (Wildman–Crippen LogP) is 5.78. The monoisotopic (exact) mass is 503 g/mol. The van der Waals surface area contributed by atoms with Gasteiger partial charge in [-0.2, -0.15) is 0 Å². The summed E-state index contributed by atoms with van der Waals surface area (Å²) in [7, 11) is -3.58. The number of aliphatic carboxylic acids is 1. The molecule has 0 spiro atoms. The summed E-state index contributed by atoms with van der Waals surface area (Å²) >= 11 is 0. The highest BCUT2D eigenvalue weighted by molar-refractivity contribution is 7.92. The quantitative estimate of drug-likeness (QED) is 0.450. The second-order valence-electron chi connectivity index (χ2n) is 10.2. The summed E-state index contributed by atoms with van der Waals surface area (Å²) in [4.78, 5) is 12.5. The summed E-state index contributed by atoms with van der Waals surface area (Å²) in [5, 5.41) is 10.2. The van der Waals surface area contributed by atoms with Crippen molar-refractivity contribution in [3.05, 3.63) is 46.5 Å². The number of carbonyl (C=O) groups is 1. The number of hydrogen-bond acceptors (Lipinski definition) is 5. The molecule has 3 rings (SSSR count). The van der Waals surface area contributed by atoms with Crippen LogP contribution in [-0.2, 0) is 26.0 Å². The number of rotatable bonds is 9. The summed E-state index contributed by atoms with van der Waals surface area (Å²) in [5.41, 5.74) is 4.07. The highest BCUT2D eigenvalue weighted by Crippen LogP contribution is 2.42. The van der Waals surface area contributed by atoms with Crippen molar-refractivity contribution in [2.45, 2.75) is 78.9 Å². The van der Waals surface area contributed by atoms with Crippen LogP contribution in [0.2, 0.25) is 0 Å². The topological polar surface area (TPSA) is 102 Å². The molecule has 35 heavy (non-hydrogen) atoms. The van der Waals surface area contributed by atoms with Gasteiger partial charge in [0.1, 0.15) is 5.75 Å². The number of benzene rings is 2. The van der Waals surface area contributed by atoms with Gasteiger partial charge in [-0.05, 0) is 99.9 Å². The molecule has 2 aromatic carbocycles. The van der Waals surface area contributed by atoms with Gasteiger partial charge in [-0.1, -0.05) is 19.4 Å². The number of carboxylic acids is 1. The Labute approximate surface area is 208 Å². The standard InChI is InChI=1S/C27H37NO6S/c1-7-8-14-35(31,32)28-21-15-17(2)23(20-11-12-22-19(16-20)10-9-13-33-22)24(18(21)3)25(26(29)30)34-27(4,5)6/h11-12,15-16,25,28H,7-10,13-14H2,1-6H3,(H,29,30). The van der Waals surface area contributed by atoms with Gasteiger partial charge in [-0.3, -0.25) is 4.72 Å². The molecule has 0 aliphatic carbocycles. The first kappa shape index (κ1) is 27.0. The lowest BCUT2D eigenvalue weighted by atomic mass is 9.86. The van der Waals surface area contributed by atoms with Gasteiger partial charge >= 0.3 is 5.97 Å². The second kappa shape index (κ2) is 10.6. The average molecular weight is 504 g/mol. The van der Waals surface area contributed by atoms with Gasteiger partial charge in [-0.25, -0.2) is 13.2 Å². The number of nitrogens with one attached hydrogen (secondary N) is 1. The van der Waals surface area contributed by atoms with Gasteiger partial charge in [0, 0.05) is 5.56 Å². The van der Waals surface area contributed by atoms with Crippen molar-refractivity contribution < 1.29 is 27.8 Å². The molecular weight excluding hydrogens is 466 g/mol. The minimum Gasteiger partial charge on any atom is -0.493 e. The molecule has 1 unspecified atom stereocenters. The molecule has 0 saturated carbocycles. The lowest BCUT2D eigenvalue weighted by molar-refractivity contribution is -0.160. The molecule has 0 fully saturated rings. The van der Waals surface area contributed by atoms with E-state index in [1.807, 2.05) is 32.0 Å². The van der Waals surface area contributed by atoms with Crippen LogP contribution in [0.4, 0.5) is 5.69 Å². The average Bonchev–Trinajstić information content (AvgIpc) is 2.77. The third-order valence-electron chi connectivity index (χ3n) is 6.02. The van der Waals surface area contributed by atoms with Crippen LogP contribution in [-0.4, -0.2) is 37.5 Å². The van der Waals surface area contributed by atoms with E-state index in [-0.39, 0.29) is 5.75 Å². The first-order valence-corrected chi connectivity index (χ1v) is 13.8. The van der Waals surface area contributed by atoms with Gasteiger partial charge in [0.25, 0.3) is 0 Å². The van der Waals surface area contributed by atoms with Crippen LogP contribution < -0.4 is 9.46 Å². The molecule has 1 atom stereocenters. The maximum absolute atomic E-state index is 12.7. The molecule has 0 aromatic heterocycles. The largest absolute Gasteiger partial charge is 0.493 e. The van der Waals surface area contributed by atoms with Crippen molar-refractivity contribution in [1.82, 2.24) is 0 Å². The molecule has 1 aliphatic rings. The number of hydrogen-bond donors (Lipinski definition) is 2. The Morgan fingerprint density at radius 2 is 1.94 bits per heavy atom. The van der Waals surface area contributed by atoms with E-state index in [9.17, 15) is 18.3 Å². The van der Waals surface area contributed by atoms with E-state index in [4.69, 9.17) is 9.47 Å². The molecule has 0 radical (unpaired) electrons. The van der Waals surface area contributed by atoms with Crippen molar-refractivity contribution in [3.63, 3.8) is 0 Å². The first-order chi connectivity index (χ1) is 16.3. The summed E-state index contributed by atoms with van der Waals surface area (Å²) in [6, 6.07) is 7.67. The number of sulfonamides is 1. The number of unbranched alkanes of at least 4 members (excludes halogenated alkanes) is 1.